The van der Waals surface area contributed by atoms with E-state index >= 15 is 0 Å². The van der Waals surface area contributed by atoms with Gasteiger partial charge in [-0.3, -0.25) is 9.67 Å². The highest BCUT2D eigenvalue weighted by Crippen LogP contribution is 2.27. The van der Waals surface area contributed by atoms with Gasteiger partial charge in [-0.15, -0.1) is 0 Å². The number of aromatic nitrogens is 3. The van der Waals surface area contributed by atoms with E-state index in [1.165, 1.54) is 12.1 Å². The molecule has 0 aliphatic carbocycles. The fourth-order valence-electron chi connectivity index (χ4n) is 3.25. The first kappa shape index (κ1) is 19.1. The molecule has 0 spiro atoms. The zero-order valence-electron chi connectivity index (χ0n) is 15.6. The van der Waals surface area contributed by atoms with Crippen LogP contribution in [-0.4, -0.2) is 31.5 Å². The standard InChI is InChI=1S/C20H18ClFN6O/c1-28-13(4-7-25-28)11-24-19-10-15-14(5-6-23-20(15)26-19)18(27-29)9-12-2-3-17(22)16(21)8-12/h2-8,29H,9-11H2,1H3,(H,23,24,26)/b27-18+. The molecule has 0 bridgehead atoms. The molecule has 0 unspecified atom stereocenters. The lowest BCUT2D eigenvalue weighted by atomic mass is 9.98. The summed E-state index contributed by atoms with van der Waals surface area (Å²) in [6.07, 6.45) is 4.22. The number of hydrogen-bond acceptors (Lipinski definition) is 5. The van der Waals surface area contributed by atoms with E-state index in [0.29, 0.717) is 30.9 Å². The minimum atomic E-state index is -0.485. The minimum absolute atomic E-state index is 0.0333. The number of fused-ring (bicyclic) bond motifs is 1. The summed E-state index contributed by atoms with van der Waals surface area (Å²) >= 11 is 5.87. The molecular weight excluding hydrogens is 395 g/mol. The molecule has 29 heavy (non-hydrogen) atoms. The van der Waals surface area contributed by atoms with Gasteiger partial charge in [-0.2, -0.15) is 5.10 Å². The summed E-state index contributed by atoms with van der Waals surface area (Å²) in [6, 6.07) is 8.16. The summed E-state index contributed by atoms with van der Waals surface area (Å²) in [5.41, 5.74) is 3.84. The molecule has 1 aliphatic rings. The predicted molar refractivity (Wildman–Crippen MR) is 109 cm³/mol. The van der Waals surface area contributed by atoms with Crippen molar-refractivity contribution in [2.24, 2.45) is 17.2 Å². The lowest BCUT2D eigenvalue weighted by molar-refractivity contribution is 0.318. The Morgan fingerprint density at radius 3 is 2.90 bits per heavy atom. The number of rotatable bonds is 5. The SMILES string of the molecule is Cn1nccc1CN=C1Cc2c(/C(Cc3ccc(F)c(Cl)c3)=N/O)ccnc2N1. The molecule has 1 aromatic carbocycles. The molecule has 2 N–H and O–H groups in total. The third-order valence-corrected chi connectivity index (χ3v) is 5.09. The van der Waals surface area contributed by atoms with Gasteiger partial charge in [-0.05, 0) is 29.8 Å². The van der Waals surface area contributed by atoms with E-state index < -0.39 is 5.82 Å². The Labute approximate surface area is 171 Å². The smallest absolute Gasteiger partial charge is 0.141 e. The number of aryl methyl sites for hydroxylation is 1. The van der Waals surface area contributed by atoms with Crippen molar-refractivity contribution in [1.29, 1.82) is 0 Å². The van der Waals surface area contributed by atoms with Crippen molar-refractivity contribution in [2.45, 2.75) is 19.4 Å². The van der Waals surface area contributed by atoms with E-state index in [0.717, 1.165) is 28.2 Å². The second-order valence-corrected chi connectivity index (χ2v) is 7.08. The molecule has 3 aromatic rings. The number of pyridine rings is 1. The van der Waals surface area contributed by atoms with Gasteiger partial charge in [0.1, 0.15) is 17.5 Å². The second kappa shape index (κ2) is 8.00. The average molecular weight is 413 g/mol. The topological polar surface area (TPSA) is 87.7 Å². The Balaban J connectivity index is 1.57. The summed E-state index contributed by atoms with van der Waals surface area (Å²) in [5, 5.41) is 20.5. The zero-order valence-corrected chi connectivity index (χ0v) is 16.4. The Kier molecular flexibility index (Phi) is 5.26. The van der Waals surface area contributed by atoms with Crippen LogP contribution in [0.5, 0.6) is 0 Å². The summed E-state index contributed by atoms with van der Waals surface area (Å²) < 4.78 is 15.2. The van der Waals surface area contributed by atoms with Crippen molar-refractivity contribution in [3.8, 4) is 0 Å². The van der Waals surface area contributed by atoms with Gasteiger partial charge in [0, 0.05) is 43.4 Å². The number of benzene rings is 1. The van der Waals surface area contributed by atoms with Crippen molar-refractivity contribution < 1.29 is 9.60 Å². The third kappa shape index (κ3) is 3.97. The molecule has 148 valence electrons. The van der Waals surface area contributed by atoms with E-state index in [1.807, 2.05) is 13.1 Å². The molecule has 2 aromatic heterocycles. The van der Waals surface area contributed by atoms with Crippen LogP contribution in [0.3, 0.4) is 0 Å². The molecule has 1 aliphatic heterocycles. The van der Waals surface area contributed by atoms with Crippen molar-refractivity contribution in [3.05, 3.63) is 75.9 Å². The quantitative estimate of drug-likeness (QED) is 0.381. The molecule has 7 nitrogen and oxygen atoms in total. The monoisotopic (exact) mass is 412 g/mol. The lowest BCUT2D eigenvalue weighted by Gasteiger charge is -2.09. The molecule has 0 atom stereocenters. The maximum absolute atomic E-state index is 13.4. The fourth-order valence-corrected chi connectivity index (χ4v) is 3.46. The van der Waals surface area contributed by atoms with Crippen LogP contribution in [0.1, 0.15) is 22.4 Å². The molecule has 0 saturated heterocycles. The number of nitrogens with zero attached hydrogens (tertiary/aromatic N) is 5. The Morgan fingerprint density at radius 2 is 2.17 bits per heavy atom. The molecule has 0 fully saturated rings. The number of halogens is 2. The Bertz CT molecular complexity index is 1120. The second-order valence-electron chi connectivity index (χ2n) is 6.67. The Morgan fingerprint density at radius 1 is 1.31 bits per heavy atom. The summed E-state index contributed by atoms with van der Waals surface area (Å²) in [6.45, 7) is 0.497. The van der Waals surface area contributed by atoms with Gasteiger partial charge in [0.15, 0.2) is 0 Å². The minimum Gasteiger partial charge on any atom is -0.411 e. The first-order valence-electron chi connectivity index (χ1n) is 8.95. The molecular formula is C20H18ClFN6O. The van der Waals surface area contributed by atoms with Crippen LogP contribution in [0.4, 0.5) is 10.2 Å². The van der Waals surface area contributed by atoms with E-state index in [9.17, 15) is 9.60 Å². The van der Waals surface area contributed by atoms with E-state index in [2.05, 4.69) is 25.5 Å². The normalized spacial score (nSPS) is 14.9. The van der Waals surface area contributed by atoms with E-state index in [4.69, 9.17) is 11.6 Å². The van der Waals surface area contributed by atoms with Crippen molar-refractivity contribution >= 4 is 29.0 Å². The van der Waals surface area contributed by atoms with Gasteiger partial charge in [0.2, 0.25) is 0 Å². The van der Waals surface area contributed by atoms with Crippen LogP contribution in [0.2, 0.25) is 5.02 Å². The van der Waals surface area contributed by atoms with Gasteiger partial charge < -0.3 is 10.5 Å². The molecule has 3 heterocycles. The summed E-state index contributed by atoms with van der Waals surface area (Å²) in [7, 11) is 1.87. The summed E-state index contributed by atoms with van der Waals surface area (Å²) in [5.74, 6) is 0.981. The molecule has 0 radical (unpaired) electrons. The zero-order chi connectivity index (χ0) is 20.4. The highest BCUT2D eigenvalue weighted by Gasteiger charge is 2.23. The predicted octanol–water partition coefficient (Wildman–Crippen LogP) is 3.60. The molecule has 0 saturated carbocycles. The number of hydrogen-bond donors (Lipinski definition) is 2. The van der Waals surface area contributed by atoms with Gasteiger partial charge in [0.05, 0.1) is 23.0 Å². The van der Waals surface area contributed by atoms with Crippen LogP contribution >= 0.6 is 11.6 Å². The van der Waals surface area contributed by atoms with Crippen LogP contribution < -0.4 is 5.32 Å². The van der Waals surface area contributed by atoms with Crippen LogP contribution in [0.25, 0.3) is 0 Å². The molecule has 0 amide bonds. The summed E-state index contributed by atoms with van der Waals surface area (Å²) in [4.78, 5) is 8.98. The van der Waals surface area contributed by atoms with Gasteiger partial charge in [0.25, 0.3) is 0 Å². The maximum atomic E-state index is 13.4. The van der Waals surface area contributed by atoms with Crippen molar-refractivity contribution in [3.63, 3.8) is 0 Å². The molecule has 4 rings (SSSR count). The van der Waals surface area contributed by atoms with E-state index in [-0.39, 0.29) is 5.02 Å². The number of amidine groups is 1. The number of aliphatic imine (C=N–C) groups is 1. The molecule has 9 heteroatoms. The van der Waals surface area contributed by atoms with Gasteiger partial charge in [-0.1, -0.05) is 22.8 Å². The van der Waals surface area contributed by atoms with E-state index in [1.54, 1.807) is 29.2 Å². The largest absolute Gasteiger partial charge is 0.411 e. The number of anilines is 1. The van der Waals surface area contributed by atoms with Crippen LogP contribution in [-0.2, 0) is 26.4 Å². The fraction of sp³-hybridized carbons (Fsp3) is 0.200. The number of oxime groups is 1. The van der Waals surface area contributed by atoms with Crippen molar-refractivity contribution in [2.75, 3.05) is 5.32 Å². The lowest BCUT2D eigenvalue weighted by Crippen LogP contribution is -2.10. The number of nitrogens with one attached hydrogen (secondary N) is 1. The van der Waals surface area contributed by atoms with Crippen LogP contribution in [0, 0.1) is 5.82 Å². The maximum Gasteiger partial charge on any atom is 0.141 e. The van der Waals surface area contributed by atoms with Gasteiger partial charge in [-0.25, -0.2) is 9.37 Å². The van der Waals surface area contributed by atoms with Crippen molar-refractivity contribution in [1.82, 2.24) is 14.8 Å². The Hall–Kier alpha value is -3.26. The highest BCUT2D eigenvalue weighted by molar-refractivity contribution is 6.30. The average Bonchev–Trinajstić information content (AvgIpc) is 3.32. The third-order valence-electron chi connectivity index (χ3n) is 4.80. The van der Waals surface area contributed by atoms with Crippen LogP contribution in [0.15, 0.2) is 52.9 Å². The first-order valence-corrected chi connectivity index (χ1v) is 9.33. The first-order chi connectivity index (χ1) is 14.0. The van der Waals surface area contributed by atoms with Gasteiger partial charge >= 0.3 is 0 Å². The highest BCUT2D eigenvalue weighted by atomic mass is 35.5.